The highest BCUT2D eigenvalue weighted by Gasteiger charge is 2.10. The fourth-order valence-corrected chi connectivity index (χ4v) is 2.74. The predicted molar refractivity (Wildman–Crippen MR) is 114 cm³/mol. The molecule has 0 aliphatic carbocycles. The molecule has 1 N–H and O–H groups in total. The maximum Gasteiger partial charge on any atom is 0.276 e. The first kappa shape index (κ1) is 20.4. The fourth-order valence-electron chi connectivity index (χ4n) is 2.62. The Morgan fingerprint density at radius 3 is 2.72 bits per heavy atom. The van der Waals surface area contributed by atoms with Crippen LogP contribution in [0.3, 0.4) is 0 Å². The van der Waals surface area contributed by atoms with E-state index in [2.05, 4.69) is 10.5 Å². The van der Waals surface area contributed by atoms with Crippen molar-refractivity contribution in [1.29, 1.82) is 0 Å². The van der Waals surface area contributed by atoms with E-state index in [1.165, 1.54) is 16.8 Å². The van der Waals surface area contributed by atoms with Crippen molar-refractivity contribution in [3.8, 4) is 5.75 Å². The quantitative estimate of drug-likeness (QED) is 0.475. The van der Waals surface area contributed by atoms with Crippen LogP contribution in [0.4, 0.5) is 0 Å². The monoisotopic (exact) mass is 409 g/mol. The van der Waals surface area contributed by atoms with Crippen LogP contribution >= 0.6 is 11.6 Å². The number of aromatic nitrogens is 1. The van der Waals surface area contributed by atoms with E-state index in [1.807, 2.05) is 49.4 Å². The Balaban J connectivity index is 1.61. The topological polar surface area (TPSA) is 72.7 Å². The Labute approximate surface area is 173 Å². The third-order valence-electron chi connectivity index (χ3n) is 4.16. The van der Waals surface area contributed by atoms with Crippen molar-refractivity contribution in [2.45, 2.75) is 20.1 Å². The van der Waals surface area contributed by atoms with Crippen molar-refractivity contribution in [3.63, 3.8) is 0 Å². The molecule has 0 saturated carbocycles. The number of benzene rings is 2. The molecular formula is C22H20ClN3O3. The second-order valence-electron chi connectivity index (χ2n) is 6.20. The number of nitrogens with one attached hydrogen (secondary N) is 1. The van der Waals surface area contributed by atoms with E-state index in [1.54, 1.807) is 18.3 Å². The molecule has 0 unspecified atom stereocenters. The van der Waals surface area contributed by atoms with Gasteiger partial charge in [0.25, 0.3) is 11.5 Å². The van der Waals surface area contributed by atoms with Gasteiger partial charge in [-0.1, -0.05) is 35.9 Å². The number of hydrogen-bond acceptors (Lipinski definition) is 4. The standard InChI is InChI=1S/C22H20ClN3O3/c1-2-26-12-4-7-20(22(26)28)21(27)25-24-14-17-5-3-6-19(13-17)29-15-16-8-10-18(23)11-9-16/h3-14H,2,15H2,1H3,(H,25,27)/b24-14-. The largest absolute Gasteiger partial charge is 0.489 e. The Kier molecular flexibility index (Phi) is 6.81. The smallest absolute Gasteiger partial charge is 0.276 e. The molecule has 3 rings (SSSR count). The molecule has 1 heterocycles. The first-order chi connectivity index (χ1) is 14.1. The van der Waals surface area contributed by atoms with Gasteiger partial charge in [0, 0.05) is 17.8 Å². The number of ether oxygens (including phenoxy) is 1. The van der Waals surface area contributed by atoms with Gasteiger partial charge in [0.2, 0.25) is 0 Å². The maximum atomic E-state index is 12.2. The van der Waals surface area contributed by atoms with Gasteiger partial charge >= 0.3 is 0 Å². The average Bonchev–Trinajstić information content (AvgIpc) is 2.74. The van der Waals surface area contributed by atoms with Crippen molar-refractivity contribution in [3.05, 3.63) is 98.9 Å². The molecule has 2 aromatic carbocycles. The molecule has 148 valence electrons. The summed E-state index contributed by atoms with van der Waals surface area (Å²) in [5.74, 6) is 0.119. The predicted octanol–water partition coefficient (Wildman–Crippen LogP) is 3.86. The number of hydrogen-bond donors (Lipinski definition) is 1. The molecule has 0 spiro atoms. The summed E-state index contributed by atoms with van der Waals surface area (Å²) >= 11 is 5.88. The van der Waals surface area contributed by atoms with Crippen LogP contribution in [-0.4, -0.2) is 16.7 Å². The highest BCUT2D eigenvalue weighted by Crippen LogP contribution is 2.15. The van der Waals surface area contributed by atoms with E-state index in [4.69, 9.17) is 16.3 Å². The van der Waals surface area contributed by atoms with Crippen molar-refractivity contribution in [2.75, 3.05) is 0 Å². The first-order valence-electron chi connectivity index (χ1n) is 9.07. The van der Waals surface area contributed by atoms with Gasteiger partial charge in [-0.3, -0.25) is 9.59 Å². The number of nitrogens with zero attached hydrogens (tertiary/aromatic N) is 2. The average molecular weight is 410 g/mol. The van der Waals surface area contributed by atoms with Crippen LogP contribution in [0.1, 0.15) is 28.4 Å². The molecule has 0 saturated heterocycles. The highest BCUT2D eigenvalue weighted by molar-refractivity contribution is 6.30. The molecule has 0 aliphatic heterocycles. The molecule has 1 amide bonds. The lowest BCUT2D eigenvalue weighted by atomic mass is 10.2. The van der Waals surface area contributed by atoms with Gasteiger partial charge in [-0.15, -0.1) is 0 Å². The minimum atomic E-state index is -0.552. The van der Waals surface area contributed by atoms with Crippen LogP contribution in [-0.2, 0) is 13.2 Å². The Hall–Kier alpha value is -3.38. The first-order valence-corrected chi connectivity index (χ1v) is 9.45. The zero-order chi connectivity index (χ0) is 20.6. The molecular weight excluding hydrogens is 390 g/mol. The molecule has 0 radical (unpaired) electrons. The summed E-state index contributed by atoms with van der Waals surface area (Å²) in [5.41, 5.74) is 3.84. The van der Waals surface area contributed by atoms with Gasteiger partial charge in [0.05, 0.1) is 6.21 Å². The number of carbonyl (C=O) groups is 1. The second-order valence-corrected chi connectivity index (χ2v) is 6.64. The third kappa shape index (κ3) is 5.56. The molecule has 1 aromatic heterocycles. The summed E-state index contributed by atoms with van der Waals surface area (Å²) < 4.78 is 7.23. The third-order valence-corrected chi connectivity index (χ3v) is 4.41. The van der Waals surface area contributed by atoms with Crippen molar-refractivity contribution < 1.29 is 9.53 Å². The molecule has 29 heavy (non-hydrogen) atoms. The van der Waals surface area contributed by atoms with Crippen LogP contribution in [0.5, 0.6) is 5.75 Å². The molecule has 0 aliphatic rings. The van der Waals surface area contributed by atoms with E-state index in [-0.39, 0.29) is 11.1 Å². The number of amides is 1. The molecule has 0 bridgehead atoms. The van der Waals surface area contributed by atoms with Crippen molar-refractivity contribution in [1.82, 2.24) is 9.99 Å². The van der Waals surface area contributed by atoms with Crippen LogP contribution in [0.2, 0.25) is 5.02 Å². The summed E-state index contributed by atoms with van der Waals surface area (Å²) in [4.78, 5) is 24.4. The lowest BCUT2D eigenvalue weighted by molar-refractivity contribution is 0.0953. The van der Waals surface area contributed by atoms with Crippen molar-refractivity contribution >= 4 is 23.7 Å². The summed E-state index contributed by atoms with van der Waals surface area (Å²) in [6.45, 7) is 2.74. The Morgan fingerprint density at radius 2 is 1.97 bits per heavy atom. The minimum absolute atomic E-state index is 0.0477. The second kappa shape index (κ2) is 9.71. The zero-order valence-corrected chi connectivity index (χ0v) is 16.6. The number of hydrazone groups is 1. The zero-order valence-electron chi connectivity index (χ0n) is 15.8. The van der Waals surface area contributed by atoms with E-state index in [9.17, 15) is 9.59 Å². The van der Waals surface area contributed by atoms with Gasteiger partial charge in [0.15, 0.2) is 0 Å². The SMILES string of the molecule is CCn1cccc(C(=O)N/N=C\c2cccc(OCc3ccc(Cl)cc3)c2)c1=O. The molecule has 3 aromatic rings. The lowest BCUT2D eigenvalue weighted by Crippen LogP contribution is -2.30. The summed E-state index contributed by atoms with van der Waals surface area (Å²) in [7, 11) is 0. The van der Waals surface area contributed by atoms with E-state index >= 15 is 0 Å². The van der Waals surface area contributed by atoms with Crippen LogP contribution < -0.4 is 15.7 Å². The molecule has 0 atom stereocenters. The summed E-state index contributed by atoms with van der Waals surface area (Å²) in [5, 5.41) is 4.62. The molecule has 0 fully saturated rings. The van der Waals surface area contributed by atoms with Gasteiger partial charge in [0.1, 0.15) is 17.9 Å². The highest BCUT2D eigenvalue weighted by atomic mass is 35.5. The van der Waals surface area contributed by atoms with Crippen molar-refractivity contribution in [2.24, 2.45) is 5.10 Å². The van der Waals surface area contributed by atoms with Crippen LogP contribution in [0, 0.1) is 0 Å². The lowest BCUT2D eigenvalue weighted by Gasteiger charge is -2.07. The van der Waals surface area contributed by atoms with Gasteiger partial charge in [-0.05, 0) is 54.4 Å². The number of pyridine rings is 1. The molecule has 7 heteroatoms. The molecule has 6 nitrogen and oxygen atoms in total. The Bertz CT molecular complexity index is 1080. The van der Waals surface area contributed by atoms with Crippen LogP contribution in [0.15, 0.2) is 76.8 Å². The number of aryl methyl sites for hydroxylation is 1. The Morgan fingerprint density at radius 1 is 1.17 bits per heavy atom. The number of rotatable bonds is 7. The summed E-state index contributed by atoms with van der Waals surface area (Å²) in [6, 6.07) is 17.9. The number of halogens is 1. The summed E-state index contributed by atoms with van der Waals surface area (Å²) in [6.07, 6.45) is 3.13. The van der Waals surface area contributed by atoms with Crippen LogP contribution in [0.25, 0.3) is 0 Å². The van der Waals surface area contributed by atoms with E-state index < -0.39 is 5.91 Å². The van der Waals surface area contributed by atoms with E-state index in [0.717, 1.165) is 11.1 Å². The van der Waals surface area contributed by atoms with Gasteiger partial charge in [-0.25, -0.2) is 5.43 Å². The van der Waals surface area contributed by atoms with E-state index in [0.29, 0.717) is 23.9 Å². The maximum absolute atomic E-state index is 12.2. The normalized spacial score (nSPS) is 10.8. The number of carbonyl (C=O) groups excluding carboxylic acids is 1. The van der Waals surface area contributed by atoms with Gasteiger partial charge in [-0.2, -0.15) is 5.10 Å². The van der Waals surface area contributed by atoms with Gasteiger partial charge < -0.3 is 9.30 Å². The minimum Gasteiger partial charge on any atom is -0.489 e. The fraction of sp³-hybridized carbons (Fsp3) is 0.136.